The summed E-state index contributed by atoms with van der Waals surface area (Å²) < 4.78 is 16.7. The number of rotatable bonds is 8. The normalized spacial score (nSPS) is 15.8. The summed E-state index contributed by atoms with van der Waals surface area (Å²) >= 11 is 0. The van der Waals surface area contributed by atoms with Gasteiger partial charge in [-0.3, -0.25) is 4.21 Å². The van der Waals surface area contributed by atoms with Gasteiger partial charge in [0.25, 0.3) is 0 Å². The summed E-state index contributed by atoms with van der Waals surface area (Å²) in [5, 5.41) is 13.0. The van der Waals surface area contributed by atoms with Crippen LogP contribution in [0.1, 0.15) is 12.5 Å². The van der Waals surface area contributed by atoms with Crippen LogP contribution in [0.3, 0.4) is 0 Å². The lowest BCUT2D eigenvalue weighted by molar-refractivity contribution is 0.106. The van der Waals surface area contributed by atoms with E-state index in [2.05, 4.69) is 5.32 Å². The summed E-state index contributed by atoms with van der Waals surface area (Å²) in [6.07, 6.45) is 1.11. The molecule has 108 valence electrons. The van der Waals surface area contributed by atoms with Crippen molar-refractivity contribution in [2.75, 3.05) is 26.0 Å². The summed E-state index contributed by atoms with van der Waals surface area (Å²) in [6, 6.07) is 7.72. The van der Waals surface area contributed by atoms with Crippen LogP contribution in [0.2, 0.25) is 0 Å². The smallest absolute Gasteiger partial charge is 0.122 e. The van der Waals surface area contributed by atoms with Crippen LogP contribution in [0.25, 0.3) is 0 Å². The zero-order valence-corrected chi connectivity index (χ0v) is 12.6. The molecule has 1 rings (SSSR count). The largest absolute Gasteiger partial charge is 0.491 e. The first kappa shape index (κ1) is 16.1. The van der Waals surface area contributed by atoms with Gasteiger partial charge < -0.3 is 15.2 Å². The third kappa shape index (κ3) is 6.18. The maximum absolute atomic E-state index is 11.2. The Morgan fingerprint density at radius 3 is 2.68 bits per heavy atom. The van der Waals surface area contributed by atoms with Crippen LogP contribution in [0.4, 0.5) is 0 Å². The first-order valence-corrected chi connectivity index (χ1v) is 8.02. The number of benzene rings is 1. The van der Waals surface area contributed by atoms with Gasteiger partial charge in [0.1, 0.15) is 18.5 Å². The Balaban J connectivity index is 2.23. The van der Waals surface area contributed by atoms with Crippen molar-refractivity contribution < 1.29 is 14.1 Å². The molecule has 0 aliphatic carbocycles. The summed E-state index contributed by atoms with van der Waals surface area (Å²) in [5.41, 5.74) is 1.05. The zero-order chi connectivity index (χ0) is 14.3. The van der Waals surface area contributed by atoms with E-state index in [9.17, 15) is 9.32 Å². The molecule has 0 heterocycles. The standard InChI is InChI=1S/C14H23NO3S/c1-11-6-4-5-7-14(11)18-10-13(16)9-15-8-12(2)19(3)17/h4-7,12-13,15-16H,8-10H2,1-3H3. The molecule has 4 nitrogen and oxygen atoms in total. The second kappa shape index (κ2) is 8.30. The molecule has 0 radical (unpaired) electrons. The fraction of sp³-hybridized carbons (Fsp3) is 0.571. The van der Waals surface area contributed by atoms with E-state index in [0.29, 0.717) is 13.1 Å². The van der Waals surface area contributed by atoms with Gasteiger partial charge in [-0.1, -0.05) is 18.2 Å². The second-order valence-electron chi connectivity index (χ2n) is 4.70. The first-order valence-electron chi connectivity index (χ1n) is 6.40. The van der Waals surface area contributed by atoms with Gasteiger partial charge in [0.2, 0.25) is 0 Å². The molecule has 0 aliphatic rings. The van der Waals surface area contributed by atoms with Crippen LogP contribution in [0, 0.1) is 6.92 Å². The van der Waals surface area contributed by atoms with E-state index >= 15 is 0 Å². The number of ether oxygens (including phenoxy) is 1. The fourth-order valence-electron chi connectivity index (χ4n) is 1.53. The van der Waals surface area contributed by atoms with Gasteiger partial charge in [-0.2, -0.15) is 0 Å². The van der Waals surface area contributed by atoms with Gasteiger partial charge in [-0.25, -0.2) is 0 Å². The molecule has 2 N–H and O–H groups in total. The van der Waals surface area contributed by atoms with Crippen LogP contribution in [0.5, 0.6) is 5.75 Å². The Labute approximate surface area is 117 Å². The number of aliphatic hydroxyl groups excluding tert-OH is 1. The van der Waals surface area contributed by atoms with Crippen LogP contribution in [-0.4, -0.2) is 46.6 Å². The zero-order valence-electron chi connectivity index (χ0n) is 11.8. The predicted octanol–water partition coefficient (Wildman–Crippen LogP) is 1.09. The highest BCUT2D eigenvalue weighted by Gasteiger charge is 2.09. The van der Waals surface area contributed by atoms with E-state index in [1.807, 2.05) is 38.1 Å². The number of para-hydroxylation sites is 1. The van der Waals surface area contributed by atoms with Crippen molar-refractivity contribution in [3.63, 3.8) is 0 Å². The SMILES string of the molecule is Cc1ccccc1OCC(O)CNCC(C)S(C)=O. The van der Waals surface area contributed by atoms with E-state index in [0.717, 1.165) is 11.3 Å². The topological polar surface area (TPSA) is 58.6 Å². The summed E-state index contributed by atoms with van der Waals surface area (Å²) in [7, 11) is -0.837. The minimum absolute atomic E-state index is 0.0875. The molecular weight excluding hydrogens is 262 g/mol. The molecule has 1 aromatic rings. The molecule has 0 fully saturated rings. The Morgan fingerprint density at radius 1 is 1.37 bits per heavy atom. The number of nitrogens with one attached hydrogen (secondary N) is 1. The summed E-state index contributed by atoms with van der Waals surface area (Å²) in [5.74, 6) is 0.796. The molecule has 5 heteroatoms. The van der Waals surface area contributed by atoms with Crippen molar-refractivity contribution in [2.45, 2.75) is 25.2 Å². The lowest BCUT2D eigenvalue weighted by atomic mass is 10.2. The van der Waals surface area contributed by atoms with Crippen LogP contribution >= 0.6 is 0 Å². The van der Waals surface area contributed by atoms with Gasteiger partial charge >= 0.3 is 0 Å². The van der Waals surface area contributed by atoms with E-state index in [1.54, 1.807) is 6.26 Å². The van der Waals surface area contributed by atoms with Crippen LogP contribution < -0.4 is 10.1 Å². The third-order valence-corrected chi connectivity index (χ3v) is 4.20. The van der Waals surface area contributed by atoms with Gasteiger partial charge in [-0.15, -0.1) is 0 Å². The van der Waals surface area contributed by atoms with Gasteiger partial charge in [0.15, 0.2) is 0 Å². The molecule has 1 aromatic carbocycles. The molecular formula is C14H23NO3S. The molecule has 0 aliphatic heterocycles. The van der Waals surface area contributed by atoms with Crippen molar-refractivity contribution >= 4 is 10.8 Å². The Morgan fingerprint density at radius 2 is 2.05 bits per heavy atom. The van der Waals surface area contributed by atoms with Gasteiger partial charge in [-0.05, 0) is 25.5 Å². The molecule has 0 bridgehead atoms. The molecule has 0 spiro atoms. The summed E-state index contributed by atoms with van der Waals surface area (Å²) in [4.78, 5) is 0. The molecule has 0 aromatic heterocycles. The maximum Gasteiger partial charge on any atom is 0.122 e. The highest BCUT2D eigenvalue weighted by Crippen LogP contribution is 2.16. The number of hydrogen-bond donors (Lipinski definition) is 2. The average Bonchev–Trinajstić information content (AvgIpc) is 2.37. The molecule has 19 heavy (non-hydrogen) atoms. The predicted molar refractivity (Wildman–Crippen MR) is 79.1 cm³/mol. The van der Waals surface area contributed by atoms with Gasteiger partial charge in [0, 0.05) is 35.4 Å². The highest BCUT2D eigenvalue weighted by atomic mass is 32.2. The first-order chi connectivity index (χ1) is 9.00. The number of aryl methyl sites for hydroxylation is 1. The molecule has 0 saturated heterocycles. The third-order valence-electron chi connectivity index (χ3n) is 2.90. The minimum Gasteiger partial charge on any atom is -0.491 e. The lowest BCUT2D eigenvalue weighted by Gasteiger charge is -2.15. The number of aliphatic hydroxyl groups is 1. The molecule has 0 saturated carbocycles. The summed E-state index contributed by atoms with van der Waals surface area (Å²) in [6.45, 7) is 5.21. The van der Waals surface area contributed by atoms with Crippen molar-refractivity contribution in [1.29, 1.82) is 0 Å². The quantitative estimate of drug-likeness (QED) is 0.751. The van der Waals surface area contributed by atoms with E-state index in [-0.39, 0.29) is 11.9 Å². The van der Waals surface area contributed by atoms with Crippen molar-refractivity contribution in [1.82, 2.24) is 5.32 Å². The monoisotopic (exact) mass is 285 g/mol. The average molecular weight is 285 g/mol. The van der Waals surface area contributed by atoms with E-state index < -0.39 is 16.9 Å². The van der Waals surface area contributed by atoms with Gasteiger partial charge in [0.05, 0.1) is 0 Å². The van der Waals surface area contributed by atoms with Crippen LogP contribution in [0.15, 0.2) is 24.3 Å². The van der Waals surface area contributed by atoms with E-state index in [1.165, 1.54) is 0 Å². The van der Waals surface area contributed by atoms with Crippen molar-refractivity contribution in [3.05, 3.63) is 29.8 Å². The Kier molecular flexibility index (Phi) is 7.05. The second-order valence-corrected chi connectivity index (χ2v) is 6.50. The van der Waals surface area contributed by atoms with E-state index in [4.69, 9.17) is 4.74 Å². The van der Waals surface area contributed by atoms with Crippen molar-refractivity contribution in [2.24, 2.45) is 0 Å². The maximum atomic E-state index is 11.2. The Bertz CT molecular complexity index is 411. The highest BCUT2D eigenvalue weighted by molar-refractivity contribution is 7.84. The van der Waals surface area contributed by atoms with Crippen LogP contribution in [-0.2, 0) is 10.8 Å². The number of hydrogen-bond acceptors (Lipinski definition) is 4. The lowest BCUT2D eigenvalue weighted by Crippen LogP contribution is -2.36. The fourth-order valence-corrected chi connectivity index (χ4v) is 1.89. The molecule has 3 unspecified atom stereocenters. The Hall–Kier alpha value is -0.910. The van der Waals surface area contributed by atoms with Crippen molar-refractivity contribution in [3.8, 4) is 5.75 Å². The molecule has 3 atom stereocenters. The minimum atomic E-state index is -0.837. The molecule has 0 amide bonds.